The summed E-state index contributed by atoms with van der Waals surface area (Å²) < 4.78 is 31.0. The monoisotopic (exact) mass is 448 g/mol. The van der Waals surface area contributed by atoms with Gasteiger partial charge in [0.2, 0.25) is 5.75 Å². The number of anilines is 1. The molecular formula is C24H21FN4O4. The van der Waals surface area contributed by atoms with Crippen molar-refractivity contribution in [3.05, 3.63) is 78.5 Å². The molecule has 1 N–H and O–H groups in total. The van der Waals surface area contributed by atoms with E-state index in [1.807, 2.05) is 6.07 Å². The van der Waals surface area contributed by atoms with Gasteiger partial charge < -0.3 is 19.5 Å². The van der Waals surface area contributed by atoms with E-state index in [1.54, 1.807) is 53.5 Å². The number of ether oxygens (including phenoxy) is 3. The van der Waals surface area contributed by atoms with Crippen molar-refractivity contribution >= 4 is 11.6 Å². The first-order valence-corrected chi connectivity index (χ1v) is 9.91. The van der Waals surface area contributed by atoms with Crippen LogP contribution < -0.4 is 19.5 Å². The zero-order valence-corrected chi connectivity index (χ0v) is 18.2. The number of carbonyl (C=O) groups excluding carboxylic acids is 1. The lowest BCUT2D eigenvalue weighted by atomic mass is 10.2. The summed E-state index contributed by atoms with van der Waals surface area (Å²) in [5.41, 5.74) is 2.58. The Morgan fingerprint density at radius 1 is 0.970 bits per heavy atom. The fraction of sp³-hybridized carbons (Fsp3) is 0.125. The Hall–Kier alpha value is -4.40. The standard InChI is InChI=1S/C24H21FN4O4/c1-31-21-11-17(12-22(32-2)23(21)33-3)27-24(30)19-13-20(15-5-4-10-26-14-15)29(28-19)18-8-6-16(25)7-9-18/h4-14H,1-3H3,(H,27,30). The van der Waals surface area contributed by atoms with Crippen LogP contribution in [0.5, 0.6) is 17.2 Å². The summed E-state index contributed by atoms with van der Waals surface area (Å²) >= 11 is 0. The van der Waals surface area contributed by atoms with Crippen LogP contribution in [0.4, 0.5) is 10.1 Å². The van der Waals surface area contributed by atoms with Crippen molar-refractivity contribution in [2.45, 2.75) is 0 Å². The van der Waals surface area contributed by atoms with Gasteiger partial charge in [-0.05, 0) is 42.5 Å². The smallest absolute Gasteiger partial charge is 0.276 e. The van der Waals surface area contributed by atoms with Crippen molar-refractivity contribution in [3.63, 3.8) is 0 Å². The molecule has 0 saturated carbocycles. The van der Waals surface area contributed by atoms with E-state index in [-0.39, 0.29) is 11.5 Å². The van der Waals surface area contributed by atoms with E-state index < -0.39 is 5.91 Å². The van der Waals surface area contributed by atoms with Crippen LogP contribution in [-0.2, 0) is 0 Å². The molecule has 0 fully saturated rings. The molecule has 2 aromatic carbocycles. The number of halogens is 1. The number of nitrogens with zero attached hydrogens (tertiary/aromatic N) is 3. The number of pyridine rings is 1. The molecule has 168 valence electrons. The Kier molecular flexibility index (Phi) is 6.21. The van der Waals surface area contributed by atoms with Crippen molar-refractivity contribution in [3.8, 4) is 34.2 Å². The number of aromatic nitrogens is 3. The highest BCUT2D eigenvalue weighted by molar-refractivity contribution is 6.04. The third-order valence-electron chi connectivity index (χ3n) is 4.89. The van der Waals surface area contributed by atoms with Crippen LogP contribution in [0.15, 0.2) is 67.0 Å². The molecule has 9 heteroatoms. The molecule has 0 aliphatic heterocycles. The van der Waals surface area contributed by atoms with Gasteiger partial charge in [-0.15, -0.1) is 0 Å². The molecule has 2 heterocycles. The molecule has 0 spiro atoms. The van der Waals surface area contributed by atoms with E-state index in [1.165, 1.54) is 33.5 Å². The van der Waals surface area contributed by atoms with Gasteiger partial charge in [0.25, 0.3) is 5.91 Å². The van der Waals surface area contributed by atoms with Gasteiger partial charge in [0.05, 0.1) is 32.7 Å². The van der Waals surface area contributed by atoms with Crippen LogP contribution in [0, 0.1) is 5.82 Å². The van der Waals surface area contributed by atoms with Crippen molar-refractivity contribution in [1.29, 1.82) is 0 Å². The molecule has 4 aromatic rings. The van der Waals surface area contributed by atoms with Crippen LogP contribution >= 0.6 is 0 Å². The van der Waals surface area contributed by atoms with Crippen molar-refractivity contribution in [2.75, 3.05) is 26.6 Å². The highest BCUT2D eigenvalue weighted by Crippen LogP contribution is 2.40. The zero-order valence-electron chi connectivity index (χ0n) is 18.2. The largest absolute Gasteiger partial charge is 0.493 e. The summed E-state index contributed by atoms with van der Waals surface area (Å²) in [4.78, 5) is 17.2. The maximum Gasteiger partial charge on any atom is 0.276 e. The van der Waals surface area contributed by atoms with Crippen LogP contribution in [0.3, 0.4) is 0 Å². The maximum absolute atomic E-state index is 13.4. The van der Waals surface area contributed by atoms with Crippen LogP contribution in [0.25, 0.3) is 16.9 Å². The number of methoxy groups -OCH3 is 3. The SMILES string of the molecule is COc1cc(NC(=O)c2cc(-c3cccnc3)n(-c3ccc(F)cc3)n2)cc(OC)c1OC. The highest BCUT2D eigenvalue weighted by atomic mass is 19.1. The molecule has 0 bridgehead atoms. The first-order chi connectivity index (χ1) is 16.0. The summed E-state index contributed by atoms with van der Waals surface area (Å²) in [6, 6.07) is 14.4. The van der Waals surface area contributed by atoms with E-state index >= 15 is 0 Å². The molecule has 0 saturated heterocycles. The predicted molar refractivity (Wildman–Crippen MR) is 121 cm³/mol. The zero-order chi connectivity index (χ0) is 23.4. The highest BCUT2D eigenvalue weighted by Gasteiger charge is 2.19. The molecule has 1 amide bonds. The topological polar surface area (TPSA) is 87.5 Å². The van der Waals surface area contributed by atoms with Crippen LogP contribution in [0.1, 0.15) is 10.5 Å². The van der Waals surface area contributed by atoms with Crippen LogP contribution in [0.2, 0.25) is 0 Å². The Morgan fingerprint density at radius 3 is 2.24 bits per heavy atom. The summed E-state index contributed by atoms with van der Waals surface area (Å²) in [5.74, 6) is 0.405. The summed E-state index contributed by atoms with van der Waals surface area (Å²) in [6.07, 6.45) is 3.32. The van der Waals surface area contributed by atoms with Gasteiger partial charge in [-0.3, -0.25) is 9.78 Å². The Morgan fingerprint density at radius 2 is 1.67 bits per heavy atom. The summed E-state index contributed by atoms with van der Waals surface area (Å²) in [7, 11) is 4.49. The lowest BCUT2D eigenvalue weighted by Gasteiger charge is -2.14. The minimum absolute atomic E-state index is 0.159. The third-order valence-corrected chi connectivity index (χ3v) is 4.89. The minimum Gasteiger partial charge on any atom is -0.493 e. The first kappa shape index (κ1) is 21.8. The average molecular weight is 448 g/mol. The normalized spacial score (nSPS) is 10.5. The number of amides is 1. The molecule has 8 nitrogen and oxygen atoms in total. The quantitative estimate of drug-likeness (QED) is 0.452. The summed E-state index contributed by atoms with van der Waals surface area (Å²) in [5, 5.41) is 7.27. The van der Waals surface area contributed by atoms with Gasteiger partial charge in [0, 0.05) is 35.8 Å². The predicted octanol–water partition coefficient (Wildman–Crippen LogP) is 4.35. The Labute approximate surface area is 189 Å². The second kappa shape index (κ2) is 9.39. The number of nitrogens with one attached hydrogen (secondary N) is 1. The van der Waals surface area contributed by atoms with E-state index in [0.29, 0.717) is 34.3 Å². The minimum atomic E-state index is -0.449. The third kappa shape index (κ3) is 4.47. The molecule has 0 radical (unpaired) electrons. The van der Waals surface area contributed by atoms with Gasteiger partial charge in [-0.25, -0.2) is 9.07 Å². The molecule has 33 heavy (non-hydrogen) atoms. The van der Waals surface area contributed by atoms with Crippen molar-refractivity contribution < 1.29 is 23.4 Å². The number of hydrogen-bond donors (Lipinski definition) is 1. The van der Waals surface area contributed by atoms with Gasteiger partial charge in [-0.1, -0.05) is 0 Å². The lowest BCUT2D eigenvalue weighted by Crippen LogP contribution is -2.13. The molecule has 2 aromatic heterocycles. The van der Waals surface area contributed by atoms with Crippen molar-refractivity contribution in [2.24, 2.45) is 0 Å². The van der Waals surface area contributed by atoms with Crippen LogP contribution in [-0.4, -0.2) is 42.0 Å². The van der Waals surface area contributed by atoms with Gasteiger partial charge in [0.1, 0.15) is 5.82 Å². The molecular weight excluding hydrogens is 427 g/mol. The molecule has 0 unspecified atom stereocenters. The Balaban J connectivity index is 1.72. The van der Waals surface area contributed by atoms with E-state index in [0.717, 1.165) is 5.56 Å². The van der Waals surface area contributed by atoms with E-state index in [2.05, 4.69) is 15.4 Å². The number of carbonyl (C=O) groups is 1. The number of rotatable bonds is 7. The van der Waals surface area contributed by atoms with Crippen molar-refractivity contribution in [1.82, 2.24) is 14.8 Å². The van der Waals surface area contributed by atoms with Gasteiger partial charge in [-0.2, -0.15) is 5.10 Å². The molecule has 0 aliphatic carbocycles. The number of benzene rings is 2. The first-order valence-electron chi connectivity index (χ1n) is 9.91. The Bertz CT molecular complexity index is 1250. The fourth-order valence-corrected chi connectivity index (χ4v) is 3.34. The summed E-state index contributed by atoms with van der Waals surface area (Å²) in [6.45, 7) is 0. The van der Waals surface area contributed by atoms with Gasteiger partial charge >= 0.3 is 0 Å². The lowest BCUT2D eigenvalue weighted by molar-refractivity contribution is 0.102. The van der Waals surface area contributed by atoms with E-state index in [4.69, 9.17) is 14.2 Å². The molecule has 4 rings (SSSR count). The molecule has 0 aliphatic rings. The fourth-order valence-electron chi connectivity index (χ4n) is 3.34. The second-order valence-corrected chi connectivity index (χ2v) is 6.91. The van der Waals surface area contributed by atoms with E-state index in [9.17, 15) is 9.18 Å². The maximum atomic E-state index is 13.4. The average Bonchev–Trinajstić information content (AvgIpc) is 3.30. The number of hydrogen-bond acceptors (Lipinski definition) is 6. The molecule has 0 atom stereocenters. The second-order valence-electron chi connectivity index (χ2n) is 6.91. The van der Waals surface area contributed by atoms with Gasteiger partial charge in [0.15, 0.2) is 17.2 Å².